The number of hydrogen-bond donors (Lipinski definition) is 1. The van der Waals surface area contributed by atoms with Gasteiger partial charge in [-0.2, -0.15) is 0 Å². The third-order valence-corrected chi connectivity index (χ3v) is 8.79. The molecular formula is C37H71O5P. The first-order chi connectivity index (χ1) is 21.0. The molecule has 0 aliphatic rings. The third-order valence-electron chi connectivity index (χ3n) is 8.22. The molecule has 0 saturated heterocycles. The number of ether oxygens (including phenoxy) is 2. The van der Waals surface area contributed by atoms with Crippen molar-refractivity contribution in [2.24, 2.45) is 0 Å². The Bertz CT molecular complexity index is 638. The molecule has 0 aliphatic heterocycles. The summed E-state index contributed by atoms with van der Waals surface area (Å²) in [5.41, 5.74) is 0. The molecule has 254 valence electrons. The van der Waals surface area contributed by atoms with Gasteiger partial charge in [0, 0.05) is 12.8 Å². The van der Waals surface area contributed by atoms with Gasteiger partial charge in [0.25, 0.3) is 0 Å². The van der Waals surface area contributed by atoms with Gasteiger partial charge in [-0.15, -0.1) is 0 Å². The van der Waals surface area contributed by atoms with Crippen molar-refractivity contribution < 1.29 is 24.2 Å². The van der Waals surface area contributed by atoms with E-state index in [2.05, 4.69) is 35.2 Å². The average molecular weight is 627 g/mol. The van der Waals surface area contributed by atoms with Crippen LogP contribution in [0, 0.1) is 0 Å². The summed E-state index contributed by atoms with van der Waals surface area (Å²) in [4.78, 5) is 24.5. The summed E-state index contributed by atoms with van der Waals surface area (Å²) in [5, 5.41) is 9.67. The van der Waals surface area contributed by atoms with Gasteiger partial charge in [0.05, 0.1) is 6.61 Å². The van der Waals surface area contributed by atoms with Crippen LogP contribution >= 0.6 is 9.24 Å². The van der Waals surface area contributed by atoms with E-state index in [4.69, 9.17) is 9.47 Å². The monoisotopic (exact) mass is 627 g/mol. The predicted molar refractivity (Wildman–Crippen MR) is 186 cm³/mol. The Balaban J connectivity index is 3.69. The lowest BCUT2D eigenvalue weighted by atomic mass is 10.0. The van der Waals surface area contributed by atoms with E-state index in [-0.39, 0.29) is 18.5 Å². The van der Waals surface area contributed by atoms with Crippen molar-refractivity contribution in [2.75, 3.05) is 6.61 Å². The first-order valence-corrected chi connectivity index (χ1v) is 19.1. The molecule has 0 amide bonds. The number of esters is 2. The van der Waals surface area contributed by atoms with Crippen LogP contribution in [0.15, 0.2) is 12.2 Å². The van der Waals surface area contributed by atoms with Crippen LogP contribution in [-0.2, 0) is 19.1 Å². The highest BCUT2D eigenvalue weighted by Gasteiger charge is 2.24. The van der Waals surface area contributed by atoms with Gasteiger partial charge < -0.3 is 14.6 Å². The molecule has 0 aliphatic carbocycles. The molecule has 0 saturated carbocycles. The van der Waals surface area contributed by atoms with Gasteiger partial charge in [-0.25, -0.2) is 0 Å². The molecule has 43 heavy (non-hydrogen) atoms. The van der Waals surface area contributed by atoms with Gasteiger partial charge in [0.1, 0.15) is 0 Å². The number of hydrogen-bond acceptors (Lipinski definition) is 5. The summed E-state index contributed by atoms with van der Waals surface area (Å²) in [6.07, 6.45) is 36.7. The number of allylic oxidation sites excluding steroid dienone is 2. The van der Waals surface area contributed by atoms with Crippen LogP contribution in [0.4, 0.5) is 0 Å². The van der Waals surface area contributed by atoms with Crippen molar-refractivity contribution in [1.29, 1.82) is 0 Å². The zero-order valence-electron chi connectivity index (χ0n) is 28.5. The number of rotatable bonds is 33. The van der Waals surface area contributed by atoms with Crippen molar-refractivity contribution in [3.63, 3.8) is 0 Å². The van der Waals surface area contributed by atoms with E-state index in [0.29, 0.717) is 12.8 Å². The van der Waals surface area contributed by atoms with Crippen molar-refractivity contribution >= 4 is 21.2 Å². The summed E-state index contributed by atoms with van der Waals surface area (Å²) < 4.78 is 10.8. The first kappa shape index (κ1) is 42.1. The molecule has 0 radical (unpaired) electrons. The SMILES string of the molecule is CCCCCCCCC=CCCCCCCCC(=O)OC(P)C(CO)OC(=O)CCCCCCCCCCCCCCC. The Labute approximate surface area is 269 Å². The maximum Gasteiger partial charge on any atom is 0.306 e. The largest absolute Gasteiger partial charge is 0.456 e. The molecule has 0 aromatic rings. The fourth-order valence-electron chi connectivity index (χ4n) is 5.35. The summed E-state index contributed by atoms with van der Waals surface area (Å²) in [5.74, 6) is -1.36. The van der Waals surface area contributed by atoms with Gasteiger partial charge >= 0.3 is 11.9 Å². The molecule has 0 spiro atoms. The molecule has 0 aromatic carbocycles. The number of unbranched alkanes of at least 4 members (excludes halogenated alkanes) is 23. The second-order valence-corrected chi connectivity index (χ2v) is 13.1. The Hall–Kier alpha value is -0.930. The molecule has 3 unspecified atom stereocenters. The zero-order valence-corrected chi connectivity index (χ0v) is 29.6. The molecule has 0 fully saturated rings. The zero-order chi connectivity index (χ0) is 31.6. The minimum atomic E-state index is -0.836. The van der Waals surface area contributed by atoms with Crippen molar-refractivity contribution in [3.05, 3.63) is 12.2 Å². The summed E-state index contributed by atoms with van der Waals surface area (Å²) in [7, 11) is 2.40. The van der Waals surface area contributed by atoms with Gasteiger partial charge in [0.15, 0.2) is 11.9 Å². The van der Waals surface area contributed by atoms with Crippen molar-refractivity contribution in [2.45, 2.75) is 206 Å². The summed E-state index contributed by atoms with van der Waals surface area (Å²) >= 11 is 0. The number of carbonyl (C=O) groups is 2. The normalized spacial score (nSPS) is 12.9. The molecular weight excluding hydrogens is 555 g/mol. The maximum absolute atomic E-state index is 12.2. The topological polar surface area (TPSA) is 72.8 Å². The summed E-state index contributed by atoms with van der Waals surface area (Å²) in [6, 6.07) is 0. The van der Waals surface area contributed by atoms with Crippen LogP contribution in [0.3, 0.4) is 0 Å². The second kappa shape index (κ2) is 34.0. The van der Waals surface area contributed by atoms with Crippen molar-refractivity contribution in [1.82, 2.24) is 0 Å². The Morgan fingerprint density at radius 3 is 1.23 bits per heavy atom. The highest BCUT2D eigenvalue weighted by Crippen LogP contribution is 2.17. The van der Waals surface area contributed by atoms with Crippen LogP contribution < -0.4 is 0 Å². The molecule has 6 heteroatoms. The van der Waals surface area contributed by atoms with E-state index < -0.39 is 11.9 Å². The molecule has 0 aromatic heterocycles. The summed E-state index contributed by atoms with van der Waals surface area (Å²) in [6.45, 7) is 4.16. The third kappa shape index (κ3) is 30.9. The van der Waals surface area contributed by atoms with Crippen LogP contribution in [0.25, 0.3) is 0 Å². The van der Waals surface area contributed by atoms with E-state index >= 15 is 0 Å². The molecule has 5 nitrogen and oxygen atoms in total. The number of aliphatic hydroxyl groups excluding tert-OH is 1. The molecule has 3 atom stereocenters. The first-order valence-electron chi connectivity index (χ1n) is 18.5. The Morgan fingerprint density at radius 2 is 0.860 bits per heavy atom. The fraction of sp³-hybridized carbons (Fsp3) is 0.892. The van der Waals surface area contributed by atoms with Gasteiger partial charge in [-0.3, -0.25) is 9.59 Å². The quantitative estimate of drug-likeness (QED) is 0.0339. The molecule has 0 bridgehead atoms. The van der Waals surface area contributed by atoms with E-state index in [9.17, 15) is 14.7 Å². The lowest BCUT2D eigenvalue weighted by Crippen LogP contribution is -2.34. The maximum atomic E-state index is 12.2. The minimum Gasteiger partial charge on any atom is -0.456 e. The van der Waals surface area contributed by atoms with Gasteiger partial charge in [0.2, 0.25) is 0 Å². The van der Waals surface area contributed by atoms with E-state index in [1.54, 1.807) is 0 Å². The van der Waals surface area contributed by atoms with Crippen molar-refractivity contribution in [3.8, 4) is 0 Å². The predicted octanol–water partition coefficient (Wildman–Crippen LogP) is 11.2. The van der Waals surface area contributed by atoms with Crippen LogP contribution in [0.1, 0.15) is 194 Å². The molecule has 0 heterocycles. The second-order valence-electron chi connectivity index (χ2n) is 12.5. The minimum absolute atomic E-state index is 0.302. The highest BCUT2D eigenvalue weighted by molar-refractivity contribution is 7.17. The average Bonchev–Trinajstić information content (AvgIpc) is 3.00. The standard InChI is InChI=1S/C37H71O5P/c1-3-5-7-9-11-13-15-17-18-20-22-24-26-28-30-32-36(40)42-37(43)34(33-38)41-35(39)31-29-27-25-23-21-19-16-14-12-10-8-6-4-2/h17-18,34,37-38H,3-16,19-33,43H2,1-2H3. The fourth-order valence-corrected chi connectivity index (χ4v) is 5.70. The van der Waals surface area contributed by atoms with Gasteiger partial charge in [-0.05, 0) is 38.5 Å². The van der Waals surface area contributed by atoms with E-state index in [0.717, 1.165) is 44.9 Å². The van der Waals surface area contributed by atoms with Crippen LogP contribution in [-0.4, -0.2) is 35.6 Å². The Kier molecular flexibility index (Phi) is 33.2. The molecule has 0 rings (SSSR count). The van der Waals surface area contributed by atoms with Gasteiger partial charge in [-0.1, -0.05) is 164 Å². The van der Waals surface area contributed by atoms with Crippen LogP contribution in [0.2, 0.25) is 0 Å². The Morgan fingerprint density at radius 1 is 0.535 bits per heavy atom. The highest BCUT2D eigenvalue weighted by atomic mass is 31.0. The lowest BCUT2D eigenvalue weighted by Gasteiger charge is -2.22. The van der Waals surface area contributed by atoms with Crippen LogP contribution in [0.5, 0.6) is 0 Å². The number of aliphatic hydroxyl groups is 1. The van der Waals surface area contributed by atoms with E-state index in [1.165, 1.54) is 122 Å². The number of carbonyl (C=O) groups excluding carboxylic acids is 2. The molecule has 1 N–H and O–H groups in total. The lowest BCUT2D eigenvalue weighted by molar-refractivity contribution is -0.164. The smallest absolute Gasteiger partial charge is 0.306 e. The van der Waals surface area contributed by atoms with E-state index in [1.807, 2.05) is 0 Å².